The van der Waals surface area contributed by atoms with E-state index >= 15 is 0 Å². The third kappa shape index (κ3) is 5.39. The van der Waals surface area contributed by atoms with Crippen LogP contribution in [0.3, 0.4) is 0 Å². The number of anilines is 2. The van der Waals surface area contributed by atoms with Crippen LogP contribution in [0, 0.1) is 17.2 Å². The summed E-state index contributed by atoms with van der Waals surface area (Å²) in [5, 5.41) is 20.5. The van der Waals surface area contributed by atoms with Gasteiger partial charge < -0.3 is 10.6 Å². The van der Waals surface area contributed by atoms with Crippen LogP contribution in [0.4, 0.5) is 11.5 Å². The molecule has 0 aliphatic heterocycles. The molecule has 1 atom stereocenters. The van der Waals surface area contributed by atoms with Crippen molar-refractivity contribution in [3.63, 3.8) is 0 Å². The van der Waals surface area contributed by atoms with Gasteiger partial charge in [0.15, 0.2) is 11.5 Å². The molecule has 1 saturated carbocycles. The maximum atomic E-state index is 12.9. The molecule has 1 fully saturated rings. The first-order valence-electron chi connectivity index (χ1n) is 11.8. The predicted octanol–water partition coefficient (Wildman–Crippen LogP) is 5.50. The van der Waals surface area contributed by atoms with Crippen LogP contribution in [0.1, 0.15) is 48.0 Å². The highest BCUT2D eigenvalue weighted by atomic mass is 32.2. The molecule has 180 valence electrons. The largest absolute Gasteiger partial charge is 0.322 e. The quantitative estimate of drug-likeness (QED) is 0.333. The standard InChI is InChI=1S/C27H24N6O2S/c1-2-17(15-28)19-5-3-6-20(13-19)27(35)29-21-7-4-8-22(14-21)36-25-12-11-24-30-23(16-33(24)32-25)31-26(34)18-9-10-18/h3-8,11-14,16-18H,2,9-10H2,1H3,(H,29,35)(H,31,34). The van der Waals surface area contributed by atoms with Gasteiger partial charge in [-0.3, -0.25) is 9.59 Å². The lowest BCUT2D eigenvalue weighted by atomic mass is 9.96. The Balaban J connectivity index is 1.27. The molecule has 2 heterocycles. The van der Waals surface area contributed by atoms with Crippen LogP contribution in [-0.2, 0) is 4.79 Å². The van der Waals surface area contributed by atoms with Gasteiger partial charge in [-0.25, -0.2) is 9.50 Å². The number of carbonyl (C=O) groups excluding carboxylic acids is 2. The number of hydrogen-bond donors (Lipinski definition) is 2. The lowest BCUT2D eigenvalue weighted by Gasteiger charge is -2.10. The van der Waals surface area contributed by atoms with Crippen LogP contribution in [0.25, 0.3) is 5.65 Å². The number of nitriles is 1. The van der Waals surface area contributed by atoms with Crippen molar-refractivity contribution in [1.82, 2.24) is 14.6 Å². The Morgan fingerprint density at radius 3 is 2.75 bits per heavy atom. The number of carbonyl (C=O) groups is 2. The molecule has 4 aromatic rings. The minimum Gasteiger partial charge on any atom is -0.322 e. The lowest BCUT2D eigenvalue weighted by molar-refractivity contribution is -0.117. The van der Waals surface area contributed by atoms with E-state index in [0.29, 0.717) is 29.1 Å². The number of benzene rings is 2. The molecule has 1 aliphatic rings. The zero-order valence-electron chi connectivity index (χ0n) is 19.6. The third-order valence-corrected chi connectivity index (χ3v) is 6.84. The molecule has 2 N–H and O–H groups in total. The van der Waals surface area contributed by atoms with Crippen molar-refractivity contribution in [2.75, 3.05) is 10.6 Å². The molecule has 0 bridgehead atoms. The summed E-state index contributed by atoms with van der Waals surface area (Å²) in [4.78, 5) is 30.2. The molecular formula is C27H24N6O2S. The maximum absolute atomic E-state index is 12.9. The second-order valence-corrected chi connectivity index (χ2v) is 9.76. The average Bonchev–Trinajstić information content (AvgIpc) is 3.66. The second kappa shape index (κ2) is 10.2. The van der Waals surface area contributed by atoms with Crippen molar-refractivity contribution in [2.24, 2.45) is 5.92 Å². The van der Waals surface area contributed by atoms with E-state index in [1.165, 1.54) is 11.8 Å². The van der Waals surface area contributed by atoms with Crippen LogP contribution in [0.15, 0.2) is 76.8 Å². The van der Waals surface area contributed by atoms with E-state index in [2.05, 4.69) is 26.8 Å². The molecule has 0 spiro atoms. The fourth-order valence-corrected chi connectivity index (χ4v) is 4.65. The normalized spacial score (nSPS) is 13.7. The minimum absolute atomic E-state index is 0.00818. The van der Waals surface area contributed by atoms with Gasteiger partial charge in [0.05, 0.1) is 18.2 Å². The molecule has 1 unspecified atom stereocenters. The topological polar surface area (TPSA) is 112 Å². The molecule has 9 heteroatoms. The van der Waals surface area contributed by atoms with Crippen LogP contribution in [0.5, 0.6) is 0 Å². The SMILES string of the molecule is CCC(C#N)c1cccc(C(=O)Nc2cccc(Sc3ccc4nc(NC(=O)C5CC5)cn4n3)c2)c1. The smallest absolute Gasteiger partial charge is 0.255 e. The molecule has 8 nitrogen and oxygen atoms in total. The summed E-state index contributed by atoms with van der Waals surface area (Å²) in [6.07, 6.45) is 4.27. The fourth-order valence-electron chi connectivity index (χ4n) is 3.81. The minimum atomic E-state index is -0.233. The highest BCUT2D eigenvalue weighted by Crippen LogP contribution is 2.31. The van der Waals surface area contributed by atoms with E-state index < -0.39 is 0 Å². The van der Waals surface area contributed by atoms with Crippen molar-refractivity contribution in [3.05, 3.63) is 78.0 Å². The zero-order valence-corrected chi connectivity index (χ0v) is 20.5. The number of nitrogens with one attached hydrogen (secondary N) is 2. The van der Waals surface area contributed by atoms with Crippen LogP contribution < -0.4 is 10.6 Å². The van der Waals surface area contributed by atoms with Gasteiger partial charge in [-0.05, 0) is 67.3 Å². The van der Waals surface area contributed by atoms with E-state index in [4.69, 9.17) is 0 Å². The fraction of sp³-hybridized carbons (Fsp3) is 0.222. The number of nitrogens with zero attached hydrogens (tertiary/aromatic N) is 4. The summed E-state index contributed by atoms with van der Waals surface area (Å²) < 4.78 is 1.65. The maximum Gasteiger partial charge on any atom is 0.255 e. The number of aromatic nitrogens is 3. The van der Waals surface area contributed by atoms with Gasteiger partial charge >= 0.3 is 0 Å². The van der Waals surface area contributed by atoms with Gasteiger partial charge in [0.2, 0.25) is 5.91 Å². The summed E-state index contributed by atoms with van der Waals surface area (Å²) in [5.41, 5.74) is 2.66. The molecular weight excluding hydrogens is 472 g/mol. The van der Waals surface area contributed by atoms with E-state index in [0.717, 1.165) is 28.3 Å². The Kier molecular flexibility index (Phi) is 6.69. The van der Waals surface area contributed by atoms with E-state index in [-0.39, 0.29) is 23.7 Å². The van der Waals surface area contributed by atoms with E-state index in [1.54, 1.807) is 28.9 Å². The average molecular weight is 497 g/mol. The third-order valence-electron chi connectivity index (χ3n) is 5.92. The summed E-state index contributed by atoms with van der Waals surface area (Å²) in [6.45, 7) is 1.95. The monoisotopic (exact) mass is 496 g/mol. The Morgan fingerprint density at radius 2 is 1.97 bits per heavy atom. The number of hydrogen-bond acceptors (Lipinski definition) is 6. The Bertz CT molecular complexity index is 1490. The molecule has 2 amide bonds. The molecule has 5 rings (SSSR count). The molecule has 0 saturated heterocycles. The molecule has 36 heavy (non-hydrogen) atoms. The number of amides is 2. The van der Waals surface area contributed by atoms with Gasteiger partial charge in [0, 0.05) is 22.1 Å². The van der Waals surface area contributed by atoms with Crippen LogP contribution in [0.2, 0.25) is 0 Å². The number of imidazole rings is 1. The first kappa shape index (κ1) is 23.6. The van der Waals surface area contributed by atoms with E-state index in [9.17, 15) is 14.9 Å². The summed E-state index contributed by atoms with van der Waals surface area (Å²) in [7, 11) is 0. The van der Waals surface area contributed by atoms with Crippen LogP contribution in [-0.4, -0.2) is 26.4 Å². The predicted molar refractivity (Wildman–Crippen MR) is 138 cm³/mol. The highest BCUT2D eigenvalue weighted by Gasteiger charge is 2.30. The Morgan fingerprint density at radius 1 is 1.14 bits per heavy atom. The van der Waals surface area contributed by atoms with Gasteiger partial charge in [0.1, 0.15) is 5.03 Å². The van der Waals surface area contributed by atoms with Crippen molar-refractivity contribution in [2.45, 2.75) is 42.0 Å². The molecule has 1 aliphatic carbocycles. The van der Waals surface area contributed by atoms with Gasteiger partial charge in [-0.15, -0.1) is 0 Å². The lowest BCUT2D eigenvalue weighted by Crippen LogP contribution is -2.13. The van der Waals surface area contributed by atoms with Crippen molar-refractivity contribution in [3.8, 4) is 6.07 Å². The molecule has 2 aromatic carbocycles. The van der Waals surface area contributed by atoms with Crippen molar-refractivity contribution in [1.29, 1.82) is 5.26 Å². The summed E-state index contributed by atoms with van der Waals surface area (Å²) >= 11 is 1.46. The first-order valence-corrected chi connectivity index (χ1v) is 12.6. The Hall–Kier alpha value is -4.16. The van der Waals surface area contributed by atoms with Gasteiger partial charge in [0.25, 0.3) is 5.91 Å². The second-order valence-electron chi connectivity index (χ2n) is 8.66. The van der Waals surface area contributed by atoms with E-state index in [1.807, 2.05) is 49.4 Å². The van der Waals surface area contributed by atoms with Crippen molar-refractivity contribution < 1.29 is 9.59 Å². The number of fused-ring (bicyclic) bond motifs is 1. The molecule has 2 aromatic heterocycles. The van der Waals surface area contributed by atoms with Gasteiger partial charge in [-0.2, -0.15) is 10.4 Å². The first-order chi connectivity index (χ1) is 17.5. The zero-order chi connectivity index (χ0) is 25.1. The summed E-state index contributed by atoms with van der Waals surface area (Å²) in [5.74, 6) is 0.148. The van der Waals surface area contributed by atoms with Crippen LogP contribution >= 0.6 is 11.8 Å². The number of rotatable bonds is 8. The van der Waals surface area contributed by atoms with Gasteiger partial charge in [-0.1, -0.05) is 36.9 Å². The Labute approximate surface area is 212 Å². The highest BCUT2D eigenvalue weighted by molar-refractivity contribution is 7.99. The summed E-state index contributed by atoms with van der Waals surface area (Å²) in [6, 6.07) is 20.7. The molecule has 0 radical (unpaired) electrons. The van der Waals surface area contributed by atoms with Crippen molar-refractivity contribution >= 4 is 40.7 Å².